The van der Waals surface area contributed by atoms with Crippen molar-refractivity contribution in [3.63, 3.8) is 0 Å². The first kappa shape index (κ1) is 13.0. The minimum atomic E-state index is -0.597. The van der Waals surface area contributed by atoms with Gasteiger partial charge in [-0.1, -0.05) is 35.4 Å². The SMILES string of the molecule is COC(=O)C[C@H](N)[C@@H](N=[N+]=[N-])c1ccccc1. The van der Waals surface area contributed by atoms with Gasteiger partial charge in [-0.3, -0.25) is 4.79 Å². The Balaban J connectivity index is 2.86. The predicted molar refractivity (Wildman–Crippen MR) is 62.9 cm³/mol. The van der Waals surface area contributed by atoms with E-state index >= 15 is 0 Å². The summed E-state index contributed by atoms with van der Waals surface area (Å²) in [6.45, 7) is 0. The number of ether oxygens (including phenoxy) is 1. The quantitative estimate of drug-likeness (QED) is 0.364. The summed E-state index contributed by atoms with van der Waals surface area (Å²) in [6.07, 6.45) is 0.00901. The standard InChI is InChI=1S/C11H14N4O2/c1-17-10(16)7-9(12)11(14-15-13)8-5-3-2-4-6-8/h2-6,9,11H,7,12H2,1H3/t9-,11-/m0/s1. The molecule has 90 valence electrons. The third kappa shape index (κ3) is 3.79. The largest absolute Gasteiger partial charge is 0.469 e. The van der Waals surface area contributed by atoms with Crippen LogP contribution in [0, 0.1) is 0 Å². The van der Waals surface area contributed by atoms with Crippen molar-refractivity contribution in [2.75, 3.05) is 7.11 Å². The van der Waals surface area contributed by atoms with Crippen molar-refractivity contribution in [3.05, 3.63) is 46.3 Å². The zero-order valence-electron chi connectivity index (χ0n) is 9.48. The van der Waals surface area contributed by atoms with Crippen LogP contribution in [0.3, 0.4) is 0 Å². The van der Waals surface area contributed by atoms with E-state index in [1.165, 1.54) is 7.11 Å². The summed E-state index contributed by atoms with van der Waals surface area (Å²) < 4.78 is 4.53. The van der Waals surface area contributed by atoms with E-state index in [0.29, 0.717) is 0 Å². The third-order valence-corrected chi connectivity index (χ3v) is 2.35. The monoisotopic (exact) mass is 234 g/mol. The molecule has 0 aliphatic carbocycles. The molecule has 0 saturated heterocycles. The average molecular weight is 234 g/mol. The van der Waals surface area contributed by atoms with Crippen molar-refractivity contribution in [1.29, 1.82) is 0 Å². The Morgan fingerprint density at radius 3 is 2.71 bits per heavy atom. The van der Waals surface area contributed by atoms with E-state index in [1.807, 2.05) is 18.2 Å². The summed E-state index contributed by atoms with van der Waals surface area (Å²) in [5, 5.41) is 3.63. The maximum absolute atomic E-state index is 11.1. The number of carbonyl (C=O) groups is 1. The predicted octanol–water partition coefficient (Wildman–Crippen LogP) is 1.93. The summed E-state index contributed by atoms with van der Waals surface area (Å²) in [5.41, 5.74) is 15.2. The molecule has 0 fully saturated rings. The van der Waals surface area contributed by atoms with Gasteiger partial charge in [0.15, 0.2) is 0 Å². The van der Waals surface area contributed by atoms with E-state index in [9.17, 15) is 4.79 Å². The molecule has 0 radical (unpaired) electrons. The van der Waals surface area contributed by atoms with Gasteiger partial charge in [0.2, 0.25) is 0 Å². The highest BCUT2D eigenvalue weighted by molar-refractivity contribution is 5.70. The van der Waals surface area contributed by atoms with E-state index in [0.717, 1.165) is 5.56 Å². The second kappa shape index (κ2) is 6.52. The van der Waals surface area contributed by atoms with Gasteiger partial charge >= 0.3 is 5.97 Å². The van der Waals surface area contributed by atoms with Crippen LogP contribution >= 0.6 is 0 Å². The molecule has 1 aromatic carbocycles. The molecule has 0 aromatic heterocycles. The molecule has 1 aromatic rings. The van der Waals surface area contributed by atoms with Gasteiger partial charge in [-0.15, -0.1) is 0 Å². The maximum atomic E-state index is 11.1. The molecule has 0 unspecified atom stereocenters. The molecule has 0 spiro atoms. The molecule has 0 bridgehead atoms. The van der Waals surface area contributed by atoms with Gasteiger partial charge in [0, 0.05) is 11.0 Å². The van der Waals surface area contributed by atoms with Crippen molar-refractivity contribution >= 4 is 5.97 Å². The third-order valence-electron chi connectivity index (χ3n) is 2.35. The number of carbonyl (C=O) groups excluding carboxylic acids is 1. The number of hydrogen-bond donors (Lipinski definition) is 1. The highest BCUT2D eigenvalue weighted by atomic mass is 16.5. The second-order valence-corrected chi connectivity index (χ2v) is 3.50. The van der Waals surface area contributed by atoms with Crippen molar-refractivity contribution < 1.29 is 9.53 Å². The zero-order chi connectivity index (χ0) is 12.7. The van der Waals surface area contributed by atoms with E-state index in [4.69, 9.17) is 11.3 Å². The second-order valence-electron chi connectivity index (χ2n) is 3.50. The molecular weight excluding hydrogens is 220 g/mol. The van der Waals surface area contributed by atoms with Gasteiger partial charge in [-0.25, -0.2) is 0 Å². The number of azide groups is 1. The zero-order valence-corrected chi connectivity index (χ0v) is 9.48. The summed E-state index contributed by atoms with van der Waals surface area (Å²) >= 11 is 0. The first-order valence-corrected chi connectivity index (χ1v) is 5.10. The van der Waals surface area contributed by atoms with E-state index in [1.54, 1.807) is 12.1 Å². The summed E-state index contributed by atoms with van der Waals surface area (Å²) in [6, 6.07) is 7.93. The lowest BCUT2D eigenvalue weighted by atomic mass is 9.98. The topological polar surface area (TPSA) is 101 Å². The lowest BCUT2D eigenvalue weighted by Gasteiger charge is -2.18. The first-order valence-electron chi connectivity index (χ1n) is 5.10. The van der Waals surface area contributed by atoms with E-state index in [2.05, 4.69) is 14.8 Å². The number of esters is 1. The van der Waals surface area contributed by atoms with Crippen LogP contribution in [0.2, 0.25) is 0 Å². The fraction of sp³-hybridized carbons (Fsp3) is 0.364. The van der Waals surface area contributed by atoms with Gasteiger partial charge < -0.3 is 10.5 Å². The molecule has 2 atom stereocenters. The molecule has 0 saturated carbocycles. The van der Waals surface area contributed by atoms with Crippen LogP contribution in [0.15, 0.2) is 35.4 Å². The van der Waals surface area contributed by atoms with Crippen molar-refractivity contribution in [2.45, 2.75) is 18.5 Å². The lowest BCUT2D eigenvalue weighted by Crippen LogP contribution is -2.30. The van der Waals surface area contributed by atoms with Crippen LogP contribution in [0.25, 0.3) is 10.4 Å². The Bertz CT molecular complexity index is 415. The molecule has 6 nitrogen and oxygen atoms in total. The number of hydrogen-bond acceptors (Lipinski definition) is 4. The number of nitrogens with zero attached hydrogens (tertiary/aromatic N) is 3. The Labute approximate surface area is 99.0 Å². The van der Waals surface area contributed by atoms with Crippen molar-refractivity contribution in [2.24, 2.45) is 10.8 Å². The van der Waals surface area contributed by atoms with Gasteiger partial charge in [-0.2, -0.15) is 0 Å². The first-order chi connectivity index (χ1) is 8.19. The van der Waals surface area contributed by atoms with Crippen LogP contribution < -0.4 is 5.73 Å². The molecule has 2 N–H and O–H groups in total. The number of nitrogens with two attached hydrogens (primary N) is 1. The minimum Gasteiger partial charge on any atom is -0.469 e. The molecule has 1 rings (SSSR count). The summed E-state index contributed by atoms with van der Waals surface area (Å²) in [7, 11) is 1.29. The Morgan fingerprint density at radius 1 is 1.53 bits per heavy atom. The van der Waals surface area contributed by atoms with Gasteiger partial charge in [0.05, 0.1) is 19.6 Å². The number of benzene rings is 1. The van der Waals surface area contributed by atoms with Crippen LogP contribution in [0.1, 0.15) is 18.0 Å². The van der Waals surface area contributed by atoms with Gasteiger partial charge in [0.25, 0.3) is 0 Å². The Morgan fingerprint density at radius 2 is 2.18 bits per heavy atom. The average Bonchev–Trinajstić information content (AvgIpc) is 2.36. The fourth-order valence-corrected chi connectivity index (χ4v) is 1.49. The molecule has 0 aliphatic heterocycles. The highest BCUT2D eigenvalue weighted by Gasteiger charge is 2.21. The van der Waals surface area contributed by atoms with Crippen molar-refractivity contribution in [1.82, 2.24) is 0 Å². The maximum Gasteiger partial charge on any atom is 0.307 e. The molecule has 6 heteroatoms. The molecule has 17 heavy (non-hydrogen) atoms. The van der Waals surface area contributed by atoms with Gasteiger partial charge in [0.1, 0.15) is 0 Å². The van der Waals surface area contributed by atoms with E-state index in [-0.39, 0.29) is 6.42 Å². The Hall–Kier alpha value is -2.04. The van der Waals surface area contributed by atoms with E-state index < -0.39 is 18.1 Å². The highest BCUT2D eigenvalue weighted by Crippen LogP contribution is 2.22. The van der Waals surface area contributed by atoms with Crippen LogP contribution in [0.4, 0.5) is 0 Å². The van der Waals surface area contributed by atoms with Crippen LogP contribution in [-0.2, 0) is 9.53 Å². The Kier molecular flexibility index (Phi) is 5.00. The van der Waals surface area contributed by atoms with Crippen molar-refractivity contribution in [3.8, 4) is 0 Å². The van der Waals surface area contributed by atoms with Crippen LogP contribution in [-0.4, -0.2) is 19.1 Å². The summed E-state index contributed by atoms with van der Waals surface area (Å²) in [4.78, 5) is 13.9. The fourth-order valence-electron chi connectivity index (χ4n) is 1.49. The molecular formula is C11H14N4O2. The molecule has 0 amide bonds. The minimum absolute atomic E-state index is 0.00901. The smallest absolute Gasteiger partial charge is 0.307 e. The summed E-state index contributed by atoms with van der Waals surface area (Å²) in [5.74, 6) is -0.424. The van der Waals surface area contributed by atoms with Gasteiger partial charge in [-0.05, 0) is 11.1 Å². The van der Waals surface area contributed by atoms with Crippen LogP contribution in [0.5, 0.6) is 0 Å². The molecule has 0 aliphatic rings. The normalized spacial score (nSPS) is 13.3. The molecule has 0 heterocycles. The lowest BCUT2D eigenvalue weighted by molar-refractivity contribution is -0.141. The number of rotatable bonds is 5. The number of methoxy groups -OCH3 is 1.